The first-order valence-electron chi connectivity index (χ1n) is 11.2. The first kappa shape index (κ1) is 21.4. The summed E-state index contributed by atoms with van der Waals surface area (Å²) in [5.41, 5.74) is 3.29. The number of amides is 1. The van der Waals surface area contributed by atoms with Crippen LogP contribution in [0, 0.1) is 0 Å². The molecule has 174 valence electrons. The van der Waals surface area contributed by atoms with Crippen LogP contribution in [-0.2, 0) is 22.4 Å². The molecule has 0 bridgehead atoms. The molecule has 1 fully saturated rings. The van der Waals surface area contributed by atoms with Gasteiger partial charge in [0, 0.05) is 30.8 Å². The van der Waals surface area contributed by atoms with Gasteiger partial charge in [-0.1, -0.05) is 0 Å². The third kappa shape index (κ3) is 4.43. The van der Waals surface area contributed by atoms with Crippen LogP contribution in [0.4, 0.5) is 10.6 Å². The summed E-state index contributed by atoms with van der Waals surface area (Å²) >= 11 is 0. The largest absolute Gasteiger partial charge is 0.444 e. The fourth-order valence-electron chi connectivity index (χ4n) is 4.23. The first-order valence-corrected chi connectivity index (χ1v) is 11.2. The van der Waals surface area contributed by atoms with Crippen LogP contribution >= 0.6 is 0 Å². The zero-order valence-corrected chi connectivity index (χ0v) is 19.1. The molecule has 5 rings (SSSR count). The van der Waals surface area contributed by atoms with E-state index < -0.39 is 5.60 Å². The number of carbonyl (C=O) groups is 1. The molecule has 0 radical (unpaired) electrons. The highest BCUT2D eigenvalue weighted by molar-refractivity contribution is 5.80. The van der Waals surface area contributed by atoms with Crippen molar-refractivity contribution in [2.45, 2.75) is 39.3 Å². The molecule has 2 aliphatic heterocycles. The van der Waals surface area contributed by atoms with E-state index >= 15 is 0 Å². The fourth-order valence-corrected chi connectivity index (χ4v) is 4.23. The second-order valence-electron chi connectivity index (χ2n) is 9.39. The number of imidazole rings is 1. The number of nitrogens with one attached hydrogen (secondary N) is 2. The van der Waals surface area contributed by atoms with Crippen molar-refractivity contribution in [1.82, 2.24) is 24.8 Å². The van der Waals surface area contributed by atoms with Gasteiger partial charge in [-0.3, -0.25) is 0 Å². The number of rotatable bonds is 2. The zero-order valence-electron chi connectivity index (χ0n) is 19.1. The number of anilines is 1. The van der Waals surface area contributed by atoms with Crippen molar-refractivity contribution in [3.63, 3.8) is 0 Å². The molecule has 10 heteroatoms. The quantitative estimate of drug-likeness (QED) is 0.613. The van der Waals surface area contributed by atoms with Crippen molar-refractivity contribution >= 4 is 22.9 Å². The van der Waals surface area contributed by atoms with E-state index in [-0.39, 0.29) is 11.8 Å². The number of hydrogen-bond donors (Lipinski definition) is 2. The smallest absolute Gasteiger partial charge is 0.410 e. The maximum absolute atomic E-state index is 12.7. The summed E-state index contributed by atoms with van der Waals surface area (Å²) in [5, 5.41) is 0. The average molecular weight is 453 g/mol. The molecule has 3 aromatic rings. The molecule has 1 aromatic carbocycles. The average Bonchev–Trinajstić information content (AvgIpc) is 3.16. The maximum Gasteiger partial charge on any atom is 0.410 e. The molecule has 0 saturated carbocycles. The number of aromatic nitrogens is 4. The molecule has 0 atom stereocenters. The van der Waals surface area contributed by atoms with E-state index in [9.17, 15) is 9.59 Å². The van der Waals surface area contributed by atoms with E-state index in [2.05, 4.69) is 14.9 Å². The standard InChI is InChI=1S/C23H28N6O4/c1-23(2,3)33-22(31)29-7-6-15-18(13-29)24-19(27-20(15)28-8-10-32-11-9-28)14-4-5-16-17(12-14)26-21(30)25-16/h4-5,12H,6-11,13H2,1-3H3,(H2,25,26,30). The van der Waals surface area contributed by atoms with Gasteiger partial charge in [-0.2, -0.15) is 0 Å². The molecule has 2 aliphatic rings. The Balaban J connectivity index is 1.55. The van der Waals surface area contributed by atoms with Gasteiger partial charge in [-0.25, -0.2) is 19.6 Å². The minimum Gasteiger partial charge on any atom is -0.444 e. The van der Waals surface area contributed by atoms with E-state index in [0.717, 1.165) is 41.2 Å². The van der Waals surface area contributed by atoms with Gasteiger partial charge in [0.05, 0.1) is 36.5 Å². The summed E-state index contributed by atoms with van der Waals surface area (Å²) in [6.07, 6.45) is 0.318. The number of hydrogen-bond acceptors (Lipinski definition) is 7. The highest BCUT2D eigenvalue weighted by atomic mass is 16.6. The zero-order chi connectivity index (χ0) is 23.2. The summed E-state index contributed by atoms with van der Waals surface area (Å²) in [5.74, 6) is 1.45. The lowest BCUT2D eigenvalue weighted by Crippen LogP contribution is -2.42. The highest BCUT2D eigenvalue weighted by Crippen LogP contribution is 2.31. The van der Waals surface area contributed by atoms with E-state index in [1.54, 1.807) is 4.90 Å². The summed E-state index contributed by atoms with van der Waals surface area (Å²) in [6, 6.07) is 5.60. The Morgan fingerprint density at radius 3 is 2.61 bits per heavy atom. The van der Waals surface area contributed by atoms with Crippen molar-refractivity contribution in [3.05, 3.63) is 39.9 Å². The van der Waals surface area contributed by atoms with Crippen molar-refractivity contribution in [3.8, 4) is 11.4 Å². The van der Waals surface area contributed by atoms with Gasteiger partial charge in [-0.15, -0.1) is 0 Å². The number of aromatic amines is 2. The Morgan fingerprint density at radius 1 is 1.09 bits per heavy atom. The molecule has 10 nitrogen and oxygen atoms in total. The van der Waals surface area contributed by atoms with Gasteiger partial charge >= 0.3 is 11.8 Å². The van der Waals surface area contributed by atoms with Crippen molar-refractivity contribution in [2.75, 3.05) is 37.7 Å². The van der Waals surface area contributed by atoms with Crippen molar-refractivity contribution in [1.29, 1.82) is 0 Å². The summed E-state index contributed by atoms with van der Waals surface area (Å²) in [4.78, 5) is 43.7. The Bertz CT molecular complexity index is 1250. The number of carbonyl (C=O) groups excluding carboxylic acids is 1. The monoisotopic (exact) mass is 452 g/mol. The Labute approximate surface area is 190 Å². The van der Waals surface area contributed by atoms with Crippen LogP contribution in [0.15, 0.2) is 23.0 Å². The van der Waals surface area contributed by atoms with Gasteiger partial charge in [-0.05, 0) is 45.4 Å². The molecular formula is C23H28N6O4. The second kappa shape index (κ2) is 8.18. The molecule has 0 unspecified atom stereocenters. The van der Waals surface area contributed by atoms with Gasteiger partial charge < -0.3 is 29.2 Å². The Hall–Kier alpha value is -3.40. The molecular weight excluding hydrogens is 424 g/mol. The normalized spacial score (nSPS) is 16.7. The molecule has 2 N–H and O–H groups in total. The summed E-state index contributed by atoms with van der Waals surface area (Å²) in [6.45, 7) is 9.30. The number of fused-ring (bicyclic) bond motifs is 2. The third-order valence-electron chi connectivity index (χ3n) is 5.78. The summed E-state index contributed by atoms with van der Waals surface area (Å²) in [7, 11) is 0. The number of morpholine rings is 1. The summed E-state index contributed by atoms with van der Waals surface area (Å²) < 4.78 is 11.1. The molecule has 2 aromatic heterocycles. The number of benzene rings is 1. The lowest BCUT2D eigenvalue weighted by molar-refractivity contribution is 0.0221. The lowest BCUT2D eigenvalue weighted by Gasteiger charge is -2.34. The predicted octanol–water partition coefficient (Wildman–Crippen LogP) is 2.44. The van der Waals surface area contributed by atoms with Crippen LogP contribution in [0.1, 0.15) is 32.0 Å². The van der Waals surface area contributed by atoms with Crippen molar-refractivity contribution in [2.24, 2.45) is 0 Å². The van der Waals surface area contributed by atoms with Gasteiger partial charge in [0.15, 0.2) is 5.82 Å². The van der Waals surface area contributed by atoms with Crippen LogP contribution in [-0.4, -0.2) is 69.4 Å². The second-order valence-corrected chi connectivity index (χ2v) is 9.39. The van der Waals surface area contributed by atoms with Crippen LogP contribution in [0.2, 0.25) is 0 Å². The molecule has 1 saturated heterocycles. The van der Waals surface area contributed by atoms with Crippen LogP contribution in [0.3, 0.4) is 0 Å². The first-order chi connectivity index (χ1) is 15.8. The maximum atomic E-state index is 12.7. The number of ether oxygens (including phenoxy) is 2. The minimum absolute atomic E-state index is 0.254. The molecule has 0 aliphatic carbocycles. The van der Waals surface area contributed by atoms with Crippen LogP contribution in [0.25, 0.3) is 22.4 Å². The topological polar surface area (TPSA) is 116 Å². The van der Waals surface area contributed by atoms with Gasteiger partial charge in [0.1, 0.15) is 11.4 Å². The van der Waals surface area contributed by atoms with E-state index in [4.69, 9.17) is 19.4 Å². The van der Waals surface area contributed by atoms with Crippen molar-refractivity contribution < 1.29 is 14.3 Å². The van der Waals surface area contributed by atoms with E-state index in [1.165, 1.54) is 0 Å². The molecule has 33 heavy (non-hydrogen) atoms. The molecule has 0 spiro atoms. The van der Waals surface area contributed by atoms with Gasteiger partial charge in [0.2, 0.25) is 0 Å². The highest BCUT2D eigenvalue weighted by Gasteiger charge is 2.30. The van der Waals surface area contributed by atoms with Crippen LogP contribution in [0.5, 0.6) is 0 Å². The van der Waals surface area contributed by atoms with Crippen LogP contribution < -0.4 is 10.6 Å². The van der Waals surface area contributed by atoms with E-state index in [1.807, 2.05) is 39.0 Å². The number of nitrogens with zero attached hydrogens (tertiary/aromatic N) is 4. The Morgan fingerprint density at radius 2 is 1.85 bits per heavy atom. The SMILES string of the molecule is CC(C)(C)OC(=O)N1CCc2c(nc(-c3ccc4[nH]c(=O)[nH]c4c3)nc2N2CCOCC2)C1. The fraction of sp³-hybridized carbons (Fsp3) is 0.478. The number of H-pyrrole nitrogens is 2. The lowest BCUT2D eigenvalue weighted by atomic mass is 10.0. The minimum atomic E-state index is -0.559. The Kier molecular flexibility index (Phi) is 5.32. The predicted molar refractivity (Wildman–Crippen MR) is 123 cm³/mol. The molecule has 1 amide bonds. The van der Waals surface area contributed by atoms with E-state index in [0.29, 0.717) is 44.1 Å². The third-order valence-corrected chi connectivity index (χ3v) is 5.78. The van der Waals surface area contributed by atoms with Gasteiger partial charge in [0.25, 0.3) is 0 Å². The molecule has 4 heterocycles.